The highest BCUT2D eigenvalue weighted by Gasteiger charge is 2.39. The monoisotopic (exact) mass is 310 g/mol. The van der Waals surface area contributed by atoms with Gasteiger partial charge in [0.25, 0.3) is 0 Å². The van der Waals surface area contributed by atoms with E-state index >= 15 is 0 Å². The molecule has 1 fully saturated rings. The maximum atomic E-state index is 12.4. The first-order valence-electron chi connectivity index (χ1n) is 7.76. The van der Waals surface area contributed by atoms with Crippen molar-refractivity contribution in [2.24, 2.45) is 17.8 Å². The fourth-order valence-electron chi connectivity index (χ4n) is 3.52. The summed E-state index contributed by atoms with van der Waals surface area (Å²) in [5.74, 6) is 1.33. The predicted molar refractivity (Wildman–Crippen MR) is 88.8 cm³/mol. The average molecular weight is 310 g/mol. The summed E-state index contributed by atoms with van der Waals surface area (Å²) >= 11 is 1.57. The Balaban J connectivity index is 1.40. The van der Waals surface area contributed by atoms with E-state index in [-0.39, 0.29) is 11.8 Å². The first kappa shape index (κ1) is 13.7. The largest absolute Gasteiger partial charge is 0.302 e. The number of hydrogen-bond acceptors (Lipinski definition) is 3. The van der Waals surface area contributed by atoms with Crippen LogP contribution in [0.25, 0.3) is 0 Å². The lowest BCUT2D eigenvalue weighted by molar-refractivity contribution is -0.120. The first-order valence-corrected chi connectivity index (χ1v) is 8.57. The third-order valence-corrected chi connectivity index (χ3v) is 5.53. The molecule has 1 saturated carbocycles. The van der Waals surface area contributed by atoms with E-state index in [2.05, 4.69) is 34.6 Å². The van der Waals surface area contributed by atoms with Gasteiger partial charge in [-0.05, 0) is 30.2 Å². The number of rotatable bonds is 4. The number of allylic oxidation sites excluding steroid dienone is 2. The number of nitrogens with zero attached hydrogens (tertiary/aromatic N) is 1. The van der Waals surface area contributed by atoms with E-state index in [1.165, 1.54) is 10.4 Å². The topological polar surface area (TPSA) is 42.0 Å². The number of anilines is 1. The molecular formula is C18H18N2OS. The van der Waals surface area contributed by atoms with Crippen LogP contribution in [0.5, 0.6) is 0 Å². The first-order chi connectivity index (χ1) is 10.8. The van der Waals surface area contributed by atoms with Gasteiger partial charge >= 0.3 is 0 Å². The molecule has 2 aliphatic rings. The molecule has 1 amide bonds. The van der Waals surface area contributed by atoms with E-state index in [1.54, 1.807) is 11.3 Å². The maximum absolute atomic E-state index is 12.4. The molecule has 22 heavy (non-hydrogen) atoms. The fourth-order valence-corrected chi connectivity index (χ4v) is 4.37. The van der Waals surface area contributed by atoms with Crippen molar-refractivity contribution in [3.05, 3.63) is 59.1 Å². The van der Waals surface area contributed by atoms with E-state index < -0.39 is 0 Å². The summed E-state index contributed by atoms with van der Waals surface area (Å²) in [6.07, 6.45) is 9.35. The van der Waals surface area contributed by atoms with Crippen molar-refractivity contribution < 1.29 is 4.79 Å². The Morgan fingerprint density at radius 1 is 1.23 bits per heavy atom. The van der Waals surface area contributed by atoms with E-state index in [1.807, 2.05) is 24.4 Å². The van der Waals surface area contributed by atoms with Gasteiger partial charge in [0.15, 0.2) is 5.13 Å². The zero-order chi connectivity index (χ0) is 14.9. The zero-order valence-electron chi connectivity index (χ0n) is 12.2. The van der Waals surface area contributed by atoms with Gasteiger partial charge in [0.2, 0.25) is 5.91 Å². The highest BCUT2D eigenvalue weighted by molar-refractivity contribution is 7.15. The molecule has 0 spiro atoms. The highest BCUT2D eigenvalue weighted by atomic mass is 32.1. The SMILES string of the molecule is O=C(Nc1ncc(Cc2ccccc2)s1)[C@@H]1C[C@@H]2C=C[C@H]1C2. The van der Waals surface area contributed by atoms with Crippen LogP contribution < -0.4 is 5.32 Å². The second-order valence-corrected chi connectivity index (χ2v) is 7.29. The molecule has 0 unspecified atom stereocenters. The van der Waals surface area contributed by atoms with Crippen LogP contribution in [0, 0.1) is 17.8 Å². The average Bonchev–Trinajstić information content (AvgIpc) is 3.25. The number of carbonyl (C=O) groups excluding carboxylic acids is 1. The number of hydrogen-bond donors (Lipinski definition) is 1. The molecule has 1 N–H and O–H groups in total. The Hall–Kier alpha value is -1.94. The molecule has 2 bridgehead atoms. The van der Waals surface area contributed by atoms with Crippen LogP contribution in [0.15, 0.2) is 48.7 Å². The summed E-state index contributed by atoms with van der Waals surface area (Å²) in [5.41, 5.74) is 1.27. The van der Waals surface area contributed by atoms with Gasteiger partial charge in [-0.2, -0.15) is 0 Å². The van der Waals surface area contributed by atoms with Crippen LogP contribution in [-0.2, 0) is 11.2 Å². The Morgan fingerprint density at radius 3 is 2.82 bits per heavy atom. The van der Waals surface area contributed by atoms with Crippen LogP contribution in [0.2, 0.25) is 0 Å². The smallest absolute Gasteiger partial charge is 0.229 e. The lowest BCUT2D eigenvalue weighted by Crippen LogP contribution is -2.25. The molecule has 2 aromatic rings. The Labute approximate surface area is 134 Å². The van der Waals surface area contributed by atoms with Crippen molar-refractivity contribution in [1.82, 2.24) is 4.98 Å². The lowest BCUT2D eigenvalue weighted by Gasteiger charge is -2.16. The van der Waals surface area contributed by atoms with Gasteiger partial charge in [0.1, 0.15) is 0 Å². The number of benzene rings is 1. The minimum atomic E-state index is 0.136. The third kappa shape index (κ3) is 2.71. The van der Waals surface area contributed by atoms with Crippen molar-refractivity contribution in [2.45, 2.75) is 19.3 Å². The van der Waals surface area contributed by atoms with Gasteiger partial charge in [0, 0.05) is 23.4 Å². The number of nitrogens with one attached hydrogen (secondary N) is 1. The minimum Gasteiger partial charge on any atom is -0.302 e. The molecule has 4 rings (SSSR count). The predicted octanol–water partition coefficient (Wildman–Crippen LogP) is 3.88. The quantitative estimate of drug-likeness (QED) is 0.871. The number of thiazole rings is 1. The van der Waals surface area contributed by atoms with Gasteiger partial charge in [-0.25, -0.2) is 4.98 Å². The molecule has 4 heteroatoms. The van der Waals surface area contributed by atoms with Gasteiger partial charge in [0.05, 0.1) is 0 Å². The second kappa shape index (κ2) is 5.69. The Kier molecular flexibility index (Phi) is 3.54. The second-order valence-electron chi connectivity index (χ2n) is 6.17. The van der Waals surface area contributed by atoms with Crippen molar-refractivity contribution in [2.75, 3.05) is 5.32 Å². The van der Waals surface area contributed by atoms with Gasteiger partial charge in [-0.15, -0.1) is 11.3 Å². The Bertz CT molecular complexity index is 707. The van der Waals surface area contributed by atoms with E-state index in [9.17, 15) is 4.79 Å². The van der Waals surface area contributed by atoms with E-state index in [4.69, 9.17) is 0 Å². The molecular weight excluding hydrogens is 292 g/mol. The minimum absolute atomic E-state index is 0.136. The zero-order valence-corrected chi connectivity index (χ0v) is 13.1. The van der Waals surface area contributed by atoms with Gasteiger partial charge < -0.3 is 5.32 Å². The highest BCUT2D eigenvalue weighted by Crippen LogP contribution is 2.43. The maximum Gasteiger partial charge on any atom is 0.229 e. The molecule has 3 atom stereocenters. The fraction of sp³-hybridized carbons (Fsp3) is 0.333. The van der Waals surface area contributed by atoms with Crippen LogP contribution in [0.3, 0.4) is 0 Å². The van der Waals surface area contributed by atoms with Crippen LogP contribution in [0.4, 0.5) is 5.13 Å². The van der Waals surface area contributed by atoms with Crippen molar-refractivity contribution in [3.8, 4) is 0 Å². The molecule has 1 heterocycles. The molecule has 0 saturated heterocycles. The summed E-state index contributed by atoms with van der Waals surface area (Å²) in [7, 11) is 0. The molecule has 3 nitrogen and oxygen atoms in total. The van der Waals surface area contributed by atoms with Gasteiger partial charge in [-0.1, -0.05) is 42.5 Å². The third-order valence-electron chi connectivity index (χ3n) is 4.62. The van der Waals surface area contributed by atoms with Crippen molar-refractivity contribution in [1.29, 1.82) is 0 Å². The molecule has 1 aromatic carbocycles. The van der Waals surface area contributed by atoms with E-state index in [0.29, 0.717) is 11.8 Å². The summed E-state index contributed by atoms with van der Waals surface area (Å²) < 4.78 is 0. The summed E-state index contributed by atoms with van der Waals surface area (Å²) in [6.45, 7) is 0. The van der Waals surface area contributed by atoms with Crippen LogP contribution in [0.1, 0.15) is 23.3 Å². The summed E-state index contributed by atoms with van der Waals surface area (Å²) in [6, 6.07) is 10.3. The van der Waals surface area contributed by atoms with Crippen molar-refractivity contribution >= 4 is 22.4 Å². The van der Waals surface area contributed by atoms with Crippen molar-refractivity contribution in [3.63, 3.8) is 0 Å². The molecule has 2 aliphatic carbocycles. The molecule has 1 aromatic heterocycles. The van der Waals surface area contributed by atoms with Gasteiger partial charge in [-0.3, -0.25) is 4.79 Å². The summed E-state index contributed by atoms with van der Waals surface area (Å²) in [5, 5.41) is 3.73. The molecule has 0 aliphatic heterocycles. The normalized spacial score (nSPS) is 25.5. The van der Waals surface area contributed by atoms with E-state index in [0.717, 1.165) is 24.4 Å². The number of amides is 1. The van der Waals surface area contributed by atoms with Crippen LogP contribution >= 0.6 is 11.3 Å². The lowest BCUT2D eigenvalue weighted by atomic mass is 9.93. The molecule has 0 radical (unpaired) electrons. The molecule has 112 valence electrons. The van der Waals surface area contributed by atoms with Crippen LogP contribution in [-0.4, -0.2) is 10.9 Å². The number of fused-ring (bicyclic) bond motifs is 2. The standard InChI is InChI=1S/C18H18N2OS/c21-17(16-10-13-6-7-14(16)8-13)20-18-19-11-15(22-18)9-12-4-2-1-3-5-12/h1-7,11,13-14,16H,8-10H2,(H,19,20,21)/t13-,14+,16-/m1/s1. The number of carbonyl (C=O) groups is 1. The summed E-state index contributed by atoms with van der Waals surface area (Å²) in [4.78, 5) is 17.9. The number of aromatic nitrogens is 1. The Morgan fingerprint density at radius 2 is 2.09 bits per heavy atom.